The number of hydrogen-bond acceptors (Lipinski definition) is 2. The zero-order chi connectivity index (χ0) is 5.54. The Labute approximate surface area is 48.5 Å². The Bertz CT molecular complexity index is 68.5. The molecular formula is C5H9NS. The Hall–Kier alpha value is -0.240. The average molecular weight is 115 g/mol. The largest absolute Gasteiger partial charge is 0.297 e. The highest BCUT2D eigenvalue weighted by atomic mass is 32.2. The van der Waals surface area contributed by atoms with E-state index in [1.165, 1.54) is 0 Å². The van der Waals surface area contributed by atoms with Crippen molar-refractivity contribution in [2.45, 2.75) is 0 Å². The van der Waals surface area contributed by atoms with Gasteiger partial charge in [0.25, 0.3) is 0 Å². The van der Waals surface area contributed by atoms with Crippen LogP contribution in [0.5, 0.6) is 0 Å². The number of hydrogen-bond donors (Lipinski definition) is 0. The molecular weight excluding hydrogens is 106 g/mol. The molecule has 0 aromatic heterocycles. The van der Waals surface area contributed by atoms with E-state index in [0.29, 0.717) is 0 Å². The molecule has 0 amide bonds. The molecule has 0 atom stereocenters. The summed E-state index contributed by atoms with van der Waals surface area (Å²) in [6.45, 7) is 4.06. The maximum Gasteiger partial charge on any atom is 0.0571 e. The van der Waals surface area contributed by atoms with Gasteiger partial charge in [0.1, 0.15) is 0 Å². The smallest absolute Gasteiger partial charge is 0.0571 e. The maximum atomic E-state index is 3.62. The van der Waals surface area contributed by atoms with Crippen LogP contribution in [-0.4, -0.2) is 19.5 Å². The summed E-state index contributed by atoms with van der Waals surface area (Å²) >= 11 is 1.67. The molecule has 0 spiro atoms. The van der Waals surface area contributed by atoms with Crippen LogP contribution in [0.2, 0.25) is 0 Å². The summed E-state index contributed by atoms with van der Waals surface area (Å²) in [5.74, 6) is 0. The van der Waals surface area contributed by atoms with Crippen LogP contribution < -0.4 is 0 Å². The van der Waals surface area contributed by atoms with Crippen LogP contribution in [0.3, 0.4) is 0 Å². The molecule has 0 saturated heterocycles. The summed E-state index contributed by atoms with van der Waals surface area (Å²) < 4.78 is 0. The van der Waals surface area contributed by atoms with Crippen molar-refractivity contribution < 1.29 is 0 Å². The molecule has 7 heavy (non-hydrogen) atoms. The fraction of sp³-hybridized carbons (Fsp3) is 0.400. The number of rotatable bonds is 3. The van der Waals surface area contributed by atoms with Gasteiger partial charge in [-0.15, -0.1) is 11.8 Å². The first-order valence-corrected chi connectivity index (χ1v) is 3.31. The monoisotopic (exact) mass is 115 g/mol. The van der Waals surface area contributed by atoms with Crippen molar-refractivity contribution in [3.05, 3.63) is 11.5 Å². The standard InChI is InChI=1S/C5H9NS/c1-6-4-3-5-7-2/h3,5H,1,4H2,2H3/b5-3-. The minimum Gasteiger partial charge on any atom is -0.297 e. The highest BCUT2D eigenvalue weighted by molar-refractivity contribution is 8.01. The van der Waals surface area contributed by atoms with Crippen LogP contribution in [-0.2, 0) is 0 Å². The van der Waals surface area contributed by atoms with Crippen molar-refractivity contribution in [3.63, 3.8) is 0 Å². The molecule has 0 N–H and O–H groups in total. The maximum absolute atomic E-state index is 3.62. The van der Waals surface area contributed by atoms with Gasteiger partial charge in [-0.25, -0.2) is 0 Å². The summed E-state index contributed by atoms with van der Waals surface area (Å²) in [7, 11) is 0. The summed E-state index contributed by atoms with van der Waals surface area (Å²) in [6.07, 6.45) is 3.98. The Morgan fingerprint density at radius 2 is 2.57 bits per heavy atom. The zero-order valence-electron chi connectivity index (χ0n) is 4.42. The van der Waals surface area contributed by atoms with Gasteiger partial charge in [0.05, 0.1) is 6.54 Å². The minimum absolute atomic E-state index is 0.737. The molecule has 0 aliphatic heterocycles. The second-order valence-corrected chi connectivity index (χ2v) is 1.76. The highest BCUT2D eigenvalue weighted by Crippen LogP contribution is 1.91. The first-order valence-electron chi connectivity index (χ1n) is 2.02. The Morgan fingerprint density at radius 3 is 3.00 bits per heavy atom. The summed E-state index contributed by atoms with van der Waals surface area (Å²) in [5.41, 5.74) is 0. The van der Waals surface area contributed by atoms with Crippen molar-refractivity contribution >= 4 is 18.5 Å². The fourth-order valence-corrected chi connectivity index (χ4v) is 0.492. The molecule has 0 aliphatic rings. The van der Waals surface area contributed by atoms with Crippen molar-refractivity contribution in [1.82, 2.24) is 0 Å². The van der Waals surface area contributed by atoms with E-state index in [-0.39, 0.29) is 0 Å². The molecule has 0 aromatic carbocycles. The second-order valence-electron chi connectivity index (χ2n) is 1.01. The predicted octanol–water partition coefficient (Wildman–Crippen LogP) is 1.56. The van der Waals surface area contributed by atoms with E-state index in [4.69, 9.17) is 0 Å². The van der Waals surface area contributed by atoms with E-state index in [1.54, 1.807) is 11.8 Å². The van der Waals surface area contributed by atoms with Gasteiger partial charge in [-0.3, -0.25) is 4.99 Å². The van der Waals surface area contributed by atoms with Crippen molar-refractivity contribution in [2.24, 2.45) is 4.99 Å². The van der Waals surface area contributed by atoms with Crippen molar-refractivity contribution in [1.29, 1.82) is 0 Å². The van der Waals surface area contributed by atoms with Crippen LogP contribution in [0.1, 0.15) is 0 Å². The third-order valence-electron chi connectivity index (χ3n) is 0.467. The van der Waals surface area contributed by atoms with E-state index in [1.807, 2.05) is 17.7 Å². The van der Waals surface area contributed by atoms with Gasteiger partial charge in [-0.2, -0.15) is 0 Å². The van der Waals surface area contributed by atoms with E-state index < -0.39 is 0 Å². The number of aliphatic imine (C=N–C) groups is 1. The zero-order valence-corrected chi connectivity index (χ0v) is 5.24. The average Bonchev–Trinajstić information content (AvgIpc) is 1.69. The topological polar surface area (TPSA) is 12.4 Å². The highest BCUT2D eigenvalue weighted by Gasteiger charge is 1.63. The van der Waals surface area contributed by atoms with Gasteiger partial charge < -0.3 is 0 Å². The third kappa shape index (κ3) is 5.76. The predicted molar refractivity (Wildman–Crippen MR) is 37.1 cm³/mol. The van der Waals surface area contributed by atoms with Gasteiger partial charge in [-0.1, -0.05) is 6.08 Å². The molecule has 0 radical (unpaired) electrons. The lowest BCUT2D eigenvalue weighted by Gasteiger charge is -1.75. The first-order chi connectivity index (χ1) is 3.41. The fourth-order valence-electron chi connectivity index (χ4n) is 0.214. The van der Waals surface area contributed by atoms with E-state index in [9.17, 15) is 0 Å². The van der Waals surface area contributed by atoms with Crippen LogP contribution in [0, 0.1) is 0 Å². The molecule has 0 aromatic rings. The molecule has 0 fully saturated rings. The molecule has 0 bridgehead atoms. The summed E-state index contributed by atoms with van der Waals surface area (Å²) in [5, 5.41) is 1.99. The van der Waals surface area contributed by atoms with Gasteiger partial charge in [0.15, 0.2) is 0 Å². The normalized spacial score (nSPS) is 9.86. The SMILES string of the molecule is C=NC/C=C\SC. The van der Waals surface area contributed by atoms with Crippen LogP contribution in [0.25, 0.3) is 0 Å². The quantitative estimate of drug-likeness (QED) is 0.508. The lowest BCUT2D eigenvalue weighted by Crippen LogP contribution is -1.63. The van der Waals surface area contributed by atoms with Crippen LogP contribution >= 0.6 is 11.8 Å². The van der Waals surface area contributed by atoms with E-state index in [2.05, 4.69) is 11.7 Å². The molecule has 0 aliphatic carbocycles. The lowest BCUT2D eigenvalue weighted by atomic mass is 10.7. The van der Waals surface area contributed by atoms with Gasteiger partial charge >= 0.3 is 0 Å². The Kier molecular flexibility index (Phi) is 5.56. The van der Waals surface area contributed by atoms with Gasteiger partial charge in [0, 0.05) is 0 Å². The van der Waals surface area contributed by atoms with Gasteiger partial charge in [0.2, 0.25) is 0 Å². The van der Waals surface area contributed by atoms with Gasteiger partial charge in [-0.05, 0) is 18.4 Å². The number of thioether (sulfide) groups is 1. The third-order valence-corrected chi connectivity index (χ3v) is 0.931. The van der Waals surface area contributed by atoms with E-state index >= 15 is 0 Å². The lowest BCUT2D eigenvalue weighted by molar-refractivity contribution is 1.27. The molecule has 0 unspecified atom stereocenters. The molecule has 0 heterocycles. The first kappa shape index (κ1) is 6.76. The molecule has 2 heteroatoms. The Balaban J connectivity index is 2.92. The summed E-state index contributed by atoms with van der Waals surface area (Å²) in [4.78, 5) is 3.62. The van der Waals surface area contributed by atoms with Crippen molar-refractivity contribution in [2.75, 3.05) is 12.8 Å². The molecule has 0 saturated carbocycles. The van der Waals surface area contributed by atoms with Crippen LogP contribution in [0.15, 0.2) is 16.5 Å². The van der Waals surface area contributed by atoms with Crippen molar-refractivity contribution in [3.8, 4) is 0 Å². The summed E-state index contributed by atoms with van der Waals surface area (Å²) in [6, 6.07) is 0. The Morgan fingerprint density at radius 1 is 1.86 bits per heavy atom. The second kappa shape index (κ2) is 5.76. The molecule has 0 rings (SSSR count). The number of nitrogens with zero attached hydrogens (tertiary/aromatic N) is 1. The van der Waals surface area contributed by atoms with Crippen LogP contribution in [0.4, 0.5) is 0 Å². The minimum atomic E-state index is 0.737. The van der Waals surface area contributed by atoms with E-state index in [0.717, 1.165) is 6.54 Å². The molecule has 1 nitrogen and oxygen atoms in total. The molecule has 40 valence electrons.